The fourth-order valence-electron chi connectivity index (χ4n) is 1.44. The second kappa shape index (κ2) is 6.11. The zero-order chi connectivity index (χ0) is 16.4. The third kappa shape index (κ3) is 4.17. The maximum Gasteiger partial charge on any atom is 0.408 e. The fourth-order valence-corrected chi connectivity index (χ4v) is 1.44. The third-order valence-electron chi connectivity index (χ3n) is 2.27. The first-order valence-corrected chi connectivity index (χ1v) is 5.84. The topological polar surface area (TPSA) is 55.4 Å². The van der Waals surface area contributed by atoms with E-state index in [4.69, 9.17) is 4.74 Å². The van der Waals surface area contributed by atoms with E-state index in [0.29, 0.717) is 6.07 Å². The molecule has 0 heterocycles. The van der Waals surface area contributed by atoms with E-state index < -0.39 is 46.6 Å². The van der Waals surface area contributed by atoms with E-state index in [2.05, 4.69) is 0 Å². The summed E-state index contributed by atoms with van der Waals surface area (Å²) in [6.07, 6.45) is -1.05. The number of alkyl carbamates (subject to hydrolysis) is 1. The van der Waals surface area contributed by atoms with Gasteiger partial charge in [-0.05, 0) is 26.8 Å². The van der Waals surface area contributed by atoms with E-state index in [1.165, 1.54) is 0 Å². The molecule has 1 aromatic rings. The van der Waals surface area contributed by atoms with Crippen molar-refractivity contribution in [1.82, 2.24) is 5.32 Å². The lowest BCUT2D eigenvalue weighted by Crippen LogP contribution is -2.36. The van der Waals surface area contributed by atoms with Gasteiger partial charge in [0.25, 0.3) is 0 Å². The molecule has 0 saturated heterocycles. The van der Waals surface area contributed by atoms with Crippen LogP contribution in [0.4, 0.5) is 22.4 Å². The lowest BCUT2D eigenvalue weighted by atomic mass is 10.1. The summed E-state index contributed by atoms with van der Waals surface area (Å²) in [4.78, 5) is 22.4. The lowest BCUT2D eigenvalue weighted by Gasteiger charge is -2.22. The highest BCUT2D eigenvalue weighted by molar-refractivity contribution is 5.74. The molecule has 0 aromatic heterocycles. The van der Waals surface area contributed by atoms with Crippen molar-refractivity contribution in [3.63, 3.8) is 0 Å². The Bertz CT molecular complexity index is 570. The Hall–Kier alpha value is -2.12. The molecule has 0 radical (unpaired) electrons. The van der Waals surface area contributed by atoms with Crippen LogP contribution < -0.4 is 5.32 Å². The predicted molar refractivity (Wildman–Crippen MR) is 64.4 cm³/mol. The van der Waals surface area contributed by atoms with Crippen LogP contribution in [0, 0.1) is 23.3 Å². The van der Waals surface area contributed by atoms with Gasteiger partial charge in [-0.3, -0.25) is 0 Å². The summed E-state index contributed by atoms with van der Waals surface area (Å²) in [6, 6.07) is -1.42. The molecule has 4 nitrogen and oxygen atoms in total. The van der Waals surface area contributed by atoms with Crippen molar-refractivity contribution in [1.29, 1.82) is 0 Å². The summed E-state index contributed by atoms with van der Waals surface area (Å²) in [6.45, 7) is 4.63. The predicted octanol–water partition coefficient (Wildman–Crippen LogP) is 3.01. The van der Waals surface area contributed by atoms with Gasteiger partial charge < -0.3 is 14.8 Å². The molecule has 1 rings (SSSR count). The molecule has 1 atom stereocenters. The maximum atomic E-state index is 13.5. The van der Waals surface area contributed by atoms with Gasteiger partial charge in [0.2, 0.25) is 0 Å². The van der Waals surface area contributed by atoms with Crippen molar-refractivity contribution >= 4 is 12.4 Å². The molecule has 0 aliphatic rings. The first-order chi connectivity index (χ1) is 9.56. The number of rotatable bonds is 3. The largest absolute Gasteiger partial charge is 0.444 e. The van der Waals surface area contributed by atoms with E-state index >= 15 is 0 Å². The van der Waals surface area contributed by atoms with Crippen molar-refractivity contribution in [3.05, 3.63) is 34.9 Å². The smallest absolute Gasteiger partial charge is 0.408 e. The van der Waals surface area contributed by atoms with Gasteiger partial charge >= 0.3 is 6.09 Å². The number of carbonyl (C=O) groups is 2. The first kappa shape index (κ1) is 16.9. The van der Waals surface area contributed by atoms with Crippen LogP contribution in [0.1, 0.15) is 32.4 Å². The molecular weight excluding hydrogens is 294 g/mol. The Labute approximate surface area is 118 Å². The number of amides is 1. The number of benzene rings is 1. The number of hydrogen-bond donors (Lipinski definition) is 1. The number of carbonyl (C=O) groups excluding carboxylic acids is 2. The summed E-state index contributed by atoms with van der Waals surface area (Å²) in [5.74, 6) is -7.51. The van der Waals surface area contributed by atoms with Crippen molar-refractivity contribution in [3.8, 4) is 0 Å². The number of hydrogen-bond acceptors (Lipinski definition) is 3. The summed E-state index contributed by atoms with van der Waals surface area (Å²) in [5.41, 5.74) is -1.73. The molecule has 0 spiro atoms. The minimum absolute atomic E-state index is 0.0408. The van der Waals surface area contributed by atoms with Crippen LogP contribution in [-0.4, -0.2) is 18.0 Å². The molecule has 21 heavy (non-hydrogen) atoms. The van der Waals surface area contributed by atoms with E-state index in [1.807, 2.05) is 5.32 Å². The number of ether oxygens (including phenoxy) is 1. The number of nitrogens with one attached hydrogen (secondary N) is 1. The average Bonchev–Trinajstić information content (AvgIpc) is 2.36. The molecule has 0 fully saturated rings. The van der Waals surface area contributed by atoms with Crippen LogP contribution in [0.25, 0.3) is 0 Å². The van der Waals surface area contributed by atoms with Gasteiger partial charge in [-0.25, -0.2) is 22.4 Å². The Kier molecular flexibility index (Phi) is 4.93. The standard InChI is InChI=1S/C13H13F4NO3/c1-13(2,3)21-12(20)18-8(5-19)6-4-7(14)10(16)11(17)9(6)15/h4-5,8H,1-3H3,(H,18,20). The van der Waals surface area contributed by atoms with Gasteiger partial charge in [0.1, 0.15) is 17.9 Å². The summed E-state index contributed by atoms with van der Waals surface area (Å²) >= 11 is 0. The van der Waals surface area contributed by atoms with Gasteiger partial charge in [-0.2, -0.15) is 0 Å². The van der Waals surface area contributed by atoms with Crippen molar-refractivity contribution in [2.45, 2.75) is 32.4 Å². The SMILES string of the molecule is CC(C)(C)OC(=O)NC(C=O)c1cc(F)c(F)c(F)c1F. The van der Waals surface area contributed by atoms with Gasteiger partial charge in [-0.15, -0.1) is 0 Å². The first-order valence-electron chi connectivity index (χ1n) is 5.84. The molecule has 0 aliphatic heterocycles. The molecule has 1 amide bonds. The third-order valence-corrected chi connectivity index (χ3v) is 2.27. The van der Waals surface area contributed by atoms with Gasteiger partial charge in [0.15, 0.2) is 23.3 Å². The summed E-state index contributed by atoms with van der Waals surface area (Å²) in [7, 11) is 0. The van der Waals surface area contributed by atoms with Gasteiger partial charge in [-0.1, -0.05) is 0 Å². The Morgan fingerprint density at radius 1 is 1.19 bits per heavy atom. The van der Waals surface area contributed by atoms with E-state index in [9.17, 15) is 27.2 Å². The van der Waals surface area contributed by atoms with Crippen molar-refractivity contribution < 1.29 is 31.9 Å². The monoisotopic (exact) mass is 307 g/mol. The molecule has 1 aromatic carbocycles. The Morgan fingerprint density at radius 3 is 2.24 bits per heavy atom. The van der Waals surface area contributed by atoms with Crippen LogP contribution >= 0.6 is 0 Å². The summed E-state index contributed by atoms with van der Waals surface area (Å²) in [5, 5.41) is 1.93. The van der Waals surface area contributed by atoms with Gasteiger partial charge in [0.05, 0.1) is 0 Å². The Balaban J connectivity index is 3.07. The molecule has 0 bridgehead atoms. The molecule has 116 valence electrons. The molecule has 0 saturated carbocycles. The van der Waals surface area contributed by atoms with Crippen LogP contribution in [0.2, 0.25) is 0 Å². The van der Waals surface area contributed by atoms with Crippen LogP contribution in [0.15, 0.2) is 6.07 Å². The minimum Gasteiger partial charge on any atom is -0.444 e. The second-order valence-electron chi connectivity index (χ2n) is 5.15. The maximum absolute atomic E-state index is 13.5. The Morgan fingerprint density at radius 2 is 1.76 bits per heavy atom. The number of aldehydes is 1. The van der Waals surface area contributed by atoms with E-state index in [1.54, 1.807) is 20.8 Å². The van der Waals surface area contributed by atoms with Crippen molar-refractivity contribution in [2.24, 2.45) is 0 Å². The zero-order valence-corrected chi connectivity index (χ0v) is 11.5. The normalized spacial score (nSPS) is 12.7. The lowest BCUT2D eigenvalue weighted by molar-refractivity contribution is -0.109. The van der Waals surface area contributed by atoms with Crippen molar-refractivity contribution in [2.75, 3.05) is 0 Å². The quantitative estimate of drug-likeness (QED) is 0.404. The highest BCUT2D eigenvalue weighted by Gasteiger charge is 2.26. The average molecular weight is 307 g/mol. The molecule has 0 aliphatic carbocycles. The second-order valence-corrected chi connectivity index (χ2v) is 5.15. The number of halogens is 4. The molecular formula is C13H13F4NO3. The van der Waals surface area contributed by atoms with Crippen LogP contribution in [-0.2, 0) is 9.53 Å². The summed E-state index contributed by atoms with van der Waals surface area (Å²) < 4.78 is 57.4. The van der Waals surface area contributed by atoms with Gasteiger partial charge in [0, 0.05) is 5.56 Å². The minimum atomic E-state index is -2.07. The van der Waals surface area contributed by atoms with E-state index in [-0.39, 0.29) is 6.29 Å². The highest BCUT2D eigenvalue weighted by Crippen LogP contribution is 2.23. The zero-order valence-electron chi connectivity index (χ0n) is 11.5. The fraction of sp³-hybridized carbons (Fsp3) is 0.385. The highest BCUT2D eigenvalue weighted by atomic mass is 19.2. The van der Waals surface area contributed by atoms with Crippen LogP contribution in [0.3, 0.4) is 0 Å². The van der Waals surface area contributed by atoms with E-state index in [0.717, 1.165) is 0 Å². The molecule has 8 heteroatoms. The molecule has 1 N–H and O–H groups in total. The molecule has 1 unspecified atom stereocenters. The van der Waals surface area contributed by atoms with Crippen LogP contribution in [0.5, 0.6) is 0 Å².